The predicted molar refractivity (Wildman–Crippen MR) is 76.8 cm³/mol. The minimum absolute atomic E-state index is 0.124. The van der Waals surface area contributed by atoms with E-state index in [9.17, 15) is 19.8 Å². The zero-order valence-electron chi connectivity index (χ0n) is 11.3. The first-order valence-corrected chi connectivity index (χ1v) is 7.43. The van der Waals surface area contributed by atoms with Crippen LogP contribution in [0.4, 0.5) is 0 Å². The Morgan fingerprint density at radius 3 is 2.55 bits per heavy atom. The normalized spacial score (nSPS) is 22.2. The predicted octanol–water partition coefficient (Wildman–Crippen LogP) is 2.02. The van der Waals surface area contributed by atoms with Gasteiger partial charge in [-0.25, -0.2) is 4.79 Å². The fourth-order valence-electron chi connectivity index (χ4n) is 2.28. The molecule has 1 fully saturated rings. The molecule has 6 heteroatoms. The second-order valence-corrected chi connectivity index (χ2v) is 6.20. The van der Waals surface area contributed by atoms with Crippen LogP contribution in [-0.4, -0.2) is 44.2 Å². The summed E-state index contributed by atoms with van der Waals surface area (Å²) in [6.07, 6.45) is 0. The third-order valence-electron chi connectivity index (χ3n) is 3.26. The van der Waals surface area contributed by atoms with Crippen molar-refractivity contribution in [2.45, 2.75) is 25.3 Å². The van der Waals surface area contributed by atoms with Crippen molar-refractivity contribution in [1.29, 1.82) is 0 Å². The van der Waals surface area contributed by atoms with Gasteiger partial charge in [0.1, 0.15) is 11.8 Å². The largest absolute Gasteiger partial charge is 0.507 e. The number of aliphatic carboxylic acids is 1. The van der Waals surface area contributed by atoms with Crippen molar-refractivity contribution in [2.75, 3.05) is 5.75 Å². The number of nitrogens with zero attached hydrogens (tertiary/aromatic N) is 1. The monoisotopic (exact) mass is 295 g/mol. The maximum atomic E-state index is 12.6. The van der Waals surface area contributed by atoms with Crippen molar-refractivity contribution in [3.05, 3.63) is 29.8 Å². The first kappa shape index (κ1) is 14.7. The van der Waals surface area contributed by atoms with Crippen LogP contribution in [0.3, 0.4) is 0 Å². The fourth-order valence-corrected chi connectivity index (χ4v) is 3.75. The molecular weight excluding hydrogens is 278 g/mol. The highest BCUT2D eigenvalue weighted by Gasteiger charge is 2.43. The van der Waals surface area contributed by atoms with Gasteiger partial charge in [0.25, 0.3) is 5.91 Å². The molecule has 20 heavy (non-hydrogen) atoms. The molecule has 108 valence electrons. The van der Waals surface area contributed by atoms with Gasteiger partial charge in [-0.05, 0) is 18.1 Å². The third-order valence-corrected chi connectivity index (χ3v) is 4.88. The van der Waals surface area contributed by atoms with Crippen molar-refractivity contribution in [2.24, 2.45) is 5.92 Å². The first-order valence-electron chi connectivity index (χ1n) is 6.38. The van der Waals surface area contributed by atoms with Crippen molar-refractivity contribution in [1.82, 2.24) is 4.90 Å². The molecule has 1 aliphatic heterocycles. The van der Waals surface area contributed by atoms with Crippen LogP contribution >= 0.6 is 11.8 Å². The van der Waals surface area contributed by atoms with Gasteiger partial charge >= 0.3 is 5.97 Å². The summed E-state index contributed by atoms with van der Waals surface area (Å²) in [5, 5.41) is 18.9. The number of carbonyl (C=O) groups excluding carboxylic acids is 1. The number of carboxylic acids is 1. The average Bonchev–Trinajstić information content (AvgIpc) is 2.83. The van der Waals surface area contributed by atoms with E-state index in [1.807, 2.05) is 13.8 Å². The van der Waals surface area contributed by atoms with E-state index in [2.05, 4.69) is 0 Å². The van der Waals surface area contributed by atoms with Crippen LogP contribution in [-0.2, 0) is 4.79 Å². The molecule has 0 aromatic heterocycles. The molecule has 0 bridgehead atoms. The van der Waals surface area contributed by atoms with Gasteiger partial charge in [-0.2, -0.15) is 0 Å². The topological polar surface area (TPSA) is 77.8 Å². The number of amides is 1. The maximum absolute atomic E-state index is 12.6. The molecular formula is C14H17NO4S. The molecule has 1 heterocycles. The van der Waals surface area contributed by atoms with E-state index in [4.69, 9.17) is 0 Å². The van der Waals surface area contributed by atoms with Gasteiger partial charge in [-0.15, -0.1) is 11.8 Å². The van der Waals surface area contributed by atoms with Crippen molar-refractivity contribution in [3.8, 4) is 5.75 Å². The Labute approximate surface area is 121 Å². The van der Waals surface area contributed by atoms with Crippen LogP contribution in [0.2, 0.25) is 0 Å². The maximum Gasteiger partial charge on any atom is 0.327 e. The number of phenolic OH excluding ortho intramolecular Hbond substituents is 1. The zero-order valence-corrected chi connectivity index (χ0v) is 12.1. The lowest BCUT2D eigenvalue weighted by molar-refractivity contribution is -0.141. The zero-order chi connectivity index (χ0) is 14.9. The highest BCUT2D eigenvalue weighted by molar-refractivity contribution is 8.00. The van der Waals surface area contributed by atoms with E-state index in [0.717, 1.165) is 0 Å². The molecule has 2 unspecified atom stereocenters. The molecule has 1 aromatic carbocycles. The van der Waals surface area contributed by atoms with E-state index in [1.165, 1.54) is 28.8 Å². The Morgan fingerprint density at radius 2 is 2.00 bits per heavy atom. The molecule has 0 radical (unpaired) electrons. The number of rotatable bonds is 3. The van der Waals surface area contributed by atoms with Crippen molar-refractivity contribution < 1.29 is 19.8 Å². The number of aromatic hydroxyl groups is 1. The Kier molecular flexibility index (Phi) is 4.23. The number of para-hydroxylation sites is 1. The summed E-state index contributed by atoms with van der Waals surface area (Å²) in [5.74, 6) is -1.05. The van der Waals surface area contributed by atoms with Gasteiger partial charge in [0, 0.05) is 5.75 Å². The summed E-state index contributed by atoms with van der Waals surface area (Å²) in [5.41, 5.74) is 0.145. The number of benzene rings is 1. The van der Waals surface area contributed by atoms with Gasteiger partial charge in [0.05, 0.1) is 10.9 Å². The van der Waals surface area contributed by atoms with E-state index in [0.29, 0.717) is 5.75 Å². The molecule has 5 nitrogen and oxygen atoms in total. The number of carboxylic acid groups (broad SMARTS) is 1. The number of hydrogen-bond donors (Lipinski definition) is 2. The van der Waals surface area contributed by atoms with Crippen LogP contribution in [0.15, 0.2) is 24.3 Å². The molecule has 0 saturated carbocycles. The molecule has 0 spiro atoms. The lowest BCUT2D eigenvalue weighted by Gasteiger charge is -2.29. The van der Waals surface area contributed by atoms with E-state index >= 15 is 0 Å². The van der Waals surface area contributed by atoms with E-state index in [-0.39, 0.29) is 22.6 Å². The van der Waals surface area contributed by atoms with Crippen LogP contribution in [0.1, 0.15) is 24.2 Å². The average molecular weight is 295 g/mol. The lowest BCUT2D eigenvalue weighted by atomic mass is 10.1. The Morgan fingerprint density at radius 1 is 1.35 bits per heavy atom. The van der Waals surface area contributed by atoms with E-state index < -0.39 is 17.9 Å². The van der Waals surface area contributed by atoms with Crippen LogP contribution < -0.4 is 0 Å². The van der Waals surface area contributed by atoms with Crippen molar-refractivity contribution >= 4 is 23.6 Å². The van der Waals surface area contributed by atoms with E-state index in [1.54, 1.807) is 12.1 Å². The summed E-state index contributed by atoms with van der Waals surface area (Å²) in [4.78, 5) is 25.3. The molecule has 1 saturated heterocycles. The highest BCUT2D eigenvalue weighted by Crippen LogP contribution is 2.36. The lowest BCUT2D eigenvalue weighted by Crippen LogP contribution is -2.47. The Bertz CT molecular complexity index is 532. The SMILES string of the molecule is CC(C)C1SCC(C(=O)O)N1C(=O)c1ccccc1O. The molecule has 1 aromatic rings. The standard InChI is InChI=1S/C14H17NO4S/c1-8(2)13-15(10(7-20-13)14(18)19)12(17)9-5-3-4-6-11(9)16/h3-6,8,10,13,16H,7H2,1-2H3,(H,18,19). The third kappa shape index (κ3) is 2.60. The number of hydrogen-bond acceptors (Lipinski definition) is 4. The first-order chi connectivity index (χ1) is 9.43. The summed E-state index contributed by atoms with van der Waals surface area (Å²) < 4.78 is 0. The Hall–Kier alpha value is -1.69. The summed E-state index contributed by atoms with van der Waals surface area (Å²) in [7, 11) is 0. The second kappa shape index (κ2) is 5.75. The van der Waals surface area contributed by atoms with Gasteiger partial charge < -0.3 is 15.1 Å². The second-order valence-electron chi connectivity index (χ2n) is 5.05. The van der Waals surface area contributed by atoms with Gasteiger partial charge in [-0.3, -0.25) is 4.79 Å². The molecule has 1 amide bonds. The van der Waals surface area contributed by atoms with Crippen LogP contribution in [0.25, 0.3) is 0 Å². The number of carbonyl (C=O) groups is 2. The molecule has 2 rings (SSSR count). The number of thioether (sulfide) groups is 1. The van der Waals surface area contributed by atoms with Crippen LogP contribution in [0, 0.1) is 5.92 Å². The van der Waals surface area contributed by atoms with Crippen LogP contribution in [0.5, 0.6) is 5.75 Å². The molecule has 2 N–H and O–H groups in total. The summed E-state index contributed by atoms with van der Waals surface area (Å²) >= 11 is 1.47. The van der Waals surface area contributed by atoms with Gasteiger partial charge in [0.2, 0.25) is 0 Å². The Balaban J connectivity index is 2.37. The number of phenols is 1. The summed E-state index contributed by atoms with van der Waals surface area (Å²) in [6, 6.07) is 5.36. The molecule has 2 atom stereocenters. The smallest absolute Gasteiger partial charge is 0.327 e. The van der Waals surface area contributed by atoms with Gasteiger partial charge in [-0.1, -0.05) is 26.0 Å². The molecule has 0 aliphatic carbocycles. The minimum Gasteiger partial charge on any atom is -0.507 e. The quantitative estimate of drug-likeness (QED) is 0.892. The van der Waals surface area contributed by atoms with Gasteiger partial charge in [0.15, 0.2) is 0 Å². The fraction of sp³-hybridized carbons (Fsp3) is 0.429. The summed E-state index contributed by atoms with van der Waals surface area (Å²) in [6.45, 7) is 3.90. The minimum atomic E-state index is -1.01. The highest BCUT2D eigenvalue weighted by atomic mass is 32.2. The van der Waals surface area contributed by atoms with Crippen molar-refractivity contribution in [3.63, 3.8) is 0 Å². The molecule has 1 aliphatic rings.